The van der Waals surface area contributed by atoms with Gasteiger partial charge in [-0.2, -0.15) is 0 Å². The van der Waals surface area contributed by atoms with Gasteiger partial charge in [0, 0.05) is 11.4 Å². The highest BCUT2D eigenvalue weighted by Crippen LogP contribution is 2.46. The Hall–Kier alpha value is -0.940. The molecule has 1 fully saturated rings. The second kappa shape index (κ2) is 3.79. The van der Waals surface area contributed by atoms with Gasteiger partial charge in [0.15, 0.2) is 4.77 Å². The SMILES string of the molecule is CC1(Cn2c(=S)[nH]c3sc4c(c3c2=O)CCC4)CC1. The van der Waals surface area contributed by atoms with E-state index in [4.69, 9.17) is 12.2 Å². The van der Waals surface area contributed by atoms with E-state index in [0.717, 1.165) is 29.6 Å². The molecule has 2 aliphatic rings. The Morgan fingerprint density at radius 2 is 2.21 bits per heavy atom. The summed E-state index contributed by atoms with van der Waals surface area (Å²) >= 11 is 7.11. The van der Waals surface area contributed by atoms with Gasteiger partial charge in [-0.15, -0.1) is 11.3 Å². The van der Waals surface area contributed by atoms with Crippen molar-refractivity contribution < 1.29 is 0 Å². The maximum absolute atomic E-state index is 12.8. The van der Waals surface area contributed by atoms with Gasteiger partial charge in [-0.3, -0.25) is 9.36 Å². The molecule has 2 aromatic heterocycles. The number of H-pyrrole nitrogens is 1. The number of aryl methyl sites for hydroxylation is 2. The molecule has 1 N–H and O–H groups in total. The summed E-state index contributed by atoms with van der Waals surface area (Å²) in [7, 11) is 0. The van der Waals surface area contributed by atoms with E-state index in [1.54, 1.807) is 15.9 Å². The first-order valence-electron chi connectivity index (χ1n) is 6.85. The molecule has 0 unspecified atom stereocenters. The Balaban J connectivity index is 1.98. The third kappa shape index (κ3) is 1.75. The molecule has 0 aromatic carbocycles. The summed E-state index contributed by atoms with van der Waals surface area (Å²) in [5, 5.41) is 0.912. The van der Waals surface area contributed by atoms with Crippen LogP contribution < -0.4 is 5.56 Å². The summed E-state index contributed by atoms with van der Waals surface area (Å²) in [6, 6.07) is 0. The van der Waals surface area contributed by atoms with Crippen molar-refractivity contribution in [1.82, 2.24) is 9.55 Å². The number of thiophene rings is 1. The third-order valence-electron chi connectivity index (χ3n) is 4.49. The minimum atomic E-state index is 0.131. The van der Waals surface area contributed by atoms with Crippen LogP contribution in [0.3, 0.4) is 0 Å². The molecule has 100 valence electrons. The van der Waals surface area contributed by atoms with Gasteiger partial charge >= 0.3 is 0 Å². The van der Waals surface area contributed by atoms with E-state index in [2.05, 4.69) is 11.9 Å². The molecule has 0 spiro atoms. The molecular weight excluding hydrogens is 276 g/mol. The van der Waals surface area contributed by atoms with Crippen molar-refractivity contribution in [2.75, 3.05) is 0 Å². The minimum absolute atomic E-state index is 0.131. The Morgan fingerprint density at radius 3 is 2.95 bits per heavy atom. The van der Waals surface area contributed by atoms with Gasteiger partial charge in [0.1, 0.15) is 4.83 Å². The van der Waals surface area contributed by atoms with Crippen molar-refractivity contribution in [1.29, 1.82) is 0 Å². The monoisotopic (exact) mass is 292 g/mol. The normalized spacial score (nSPS) is 19.8. The first kappa shape index (κ1) is 11.9. The van der Waals surface area contributed by atoms with E-state index < -0.39 is 0 Å². The molecule has 0 atom stereocenters. The molecule has 2 aliphatic carbocycles. The molecule has 0 amide bonds. The molecule has 2 aromatic rings. The quantitative estimate of drug-likeness (QED) is 0.861. The Bertz CT molecular complexity index is 792. The first-order chi connectivity index (χ1) is 9.07. The summed E-state index contributed by atoms with van der Waals surface area (Å²) in [5.41, 5.74) is 1.70. The molecule has 1 saturated carbocycles. The van der Waals surface area contributed by atoms with Gasteiger partial charge in [-0.1, -0.05) is 6.92 Å². The van der Waals surface area contributed by atoms with Crippen LogP contribution >= 0.6 is 23.6 Å². The molecule has 2 heterocycles. The highest BCUT2D eigenvalue weighted by Gasteiger charge is 2.38. The number of nitrogens with one attached hydrogen (secondary N) is 1. The minimum Gasteiger partial charge on any atom is -0.323 e. The van der Waals surface area contributed by atoms with Gasteiger partial charge in [0.25, 0.3) is 5.56 Å². The number of fused-ring (bicyclic) bond motifs is 3. The number of aromatic amines is 1. The van der Waals surface area contributed by atoms with Gasteiger partial charge in [-0.25, -0.2) is 0 Å². The highest BCUT2D eigenvalue weighted by atomic mass is 32.1. The lowest BCUT2D eigenvalue weighted by Crippen LogP contribution is -2.25. The van der Waals surface area contributed by atoms with Crippen LogP contribution in [-0.2, 0) is 19.4 Å². The summed E-state index contributed by atoms with van der Waals surface area (Å²) in [4.78, 5) is 18.4. The first-order valence-corrected chi connectivity index (χ1v) is 8.07. The zero-order chi connectivity index (χ0) is 13.2. The van der Waals surface area contributed by atoms with Crippen molar-refractivity contribution in [2.24, 2.45) is 5.41 Å². The van der Waals surface area contributed by atoms with Gasteiger partial charge in [-0.05, 0) is 55.3 Å². The van der Waals surface area contributed by atoms with Crippen LogP contribution in [0.5, 0.6) is 0 Å². The van der Waals surface area contributed by atoms with Crippen molar-refractivity contribution in [3.05, 3.63) is 25.6 Å². The van der Waals surface area contributed by atoms with Crippen LogP contribution in [0.25, 0.3) is 10.2 Å². The van der Waals surface area contributed by atoms with Gasteiger partial charge in [0.2, 0.25) is 0 Å². The summed E-state index contributed by atoms with van der Waals surface area (Å²) in [5.74, 6) is 0. The number of rotatable bonds is 2. The summed E-state index contributed by atoms with van der Waals surface area (Å²) in [6.45, 7) is 3.00. The Kier molecular flexibility index (Phi) is 2.37. The van der Waals surface area contributed by atoms with Crippen LogP contribution in [-0.4, -0.2) is 9.55 Å². The zero-order valence-electron chi connectivity index (χ0n) is 10.9. The van der Waals surface area contributed by atoms with Crippen LogP contribution in [0.15, 0.2) is 4.79 Å². The van der Waals surface area contributed by atoms with Gasteiger partial charge in [0.05, 0.1) is 5.39 Å². The average molecular weight is 292 g/mol. The second-order valence-electron chi connectivity index (χ2n) is 6.19. The fourth-order valence-corrected chi connectivity index (χ4v) is 4.60. The van der Waals surface area contributed by atoms with E-state index in [1.807, 2.05) is 0 Å². The number of nitrogens with zero attached hydrogens (tertiary/aromatic N) is 1. The fourth-order valence-electron chi connectivity index (χ4n) is 3.01. The lowest BCUT2D eigenvalue weighted by atomic mass is 10.1. The lowest BCUT2D eigenvalue weighted by Gasteiger charge is -2.11. The topological polar surface area (TPSA) is 37.8 Å². The molecule has 0 bridgehead atoms. The van der Waals surface area contributed by atoms with E-state index >= 15 is 0 Å². The molecule has 4 rings (SSSR count). The molecular formula is C14H16N2OS2. The van der Waals surface area contributed by atoms with Crippen LogP contribution in [0.1, 0.15) is 36.6 Å². The van der Waals surface area contributed by atoms with Crippen LogP contribution in [0.2, 0.25) is 0 Å². The second-order valence-corrected chi connectivity index (χ2v) is 7.69. The number of hydrogen-bond donors (Lipinski definition) is 1. The van der Waals surface area contributed by atoms with Gasteiger partial charge < -0.3 is 4.98 Å². The maximum atomic E-state index is 12.8. The molecule has 0 radical (unpaired) electrons. The predicted octanol–water partition coefficient (Wildman–Crippen LogP) is 3.41. The highest BCUT2D eigenvalue weighted by molar-refractivity contribution is 7.71. The smallest absolute Gasteiger partial charge is 0.263 e. The summed E-state index contributed by atoms with van der Waals surface area (Å²) < 4.78 is 2.38. The molecule has 0 saturated heterocycles. The van der Waals surface area contributed by atoms with Crippen molar-refractivity contribution >= 4 is 33.8 Å². The molecule has 0 aliphatic heterocycles. The maximum Gasteiger partial charge on any atom is 0.263 e. The number of aromatic nitrogens is 2. The standard InChI is InChI=1S/C14H16N2OS2/c1-14(5-6-14)7-16-12(17)10-8-3-2-4-9(8)19-11(10)15-13(16)18/h2-7H2,1H3,(H,15,18). The average Bonchev–Trinajstić information content (AvgIpc) is 2.78. The molecule has 19 heavy (non-hydrogen) atoms. The van der Waals surface area contributed by atoms with E-state index in [0.29, 0.717) is 4.77 Å². The van der Waals surface area contributed by atoms with E-state index in [1.165, 1.54) is 29.7 Å². The Morgan fingerprint density at radius 1 is 1.42 bits per heavy atom. The zero-order valence-corrected chi connectivity index (χ0v) is 12.5. The third-order valence-corrected chi connectivity index (χ3v) is 6.02. The van der Waals surface area contributed by atoms with E-state index in [-0.39, 0.29) is 11.0 Å². The van der Waals surface area contributed by atoms with Crippen molar-refractivity contribution in [3.8, 4) is 0 Å². The lowest BCUT2D eigenvalue weighted by molar-refractivity contribution is 0.449. The van der Waals surface area contributed by atoms with Crippen LogP contribution in [0, 0.1) is 10.2 Å². The van der Waals surface area contributed by atoms with Crippen molar-refractivity contribution in [2.45, 2.75) is 45.6 Å². The predicted molar refractivity (Wildman–Crippen MR) is 80.6 cm³/mol. The van der Waals surface area contributed by atoms with E-state index in [9.17, 15) is 4.79 Å². The molecule has 3 nitrogen and oxygen atoms in total. The molecule has 5 heteroatoms. The number of hydrogen-bond acceptors (Lipinski definition) is 3. The summed E-state index contributed by atoms with van der Waals surface area (Å²) in [6.07, 6.45) is 5.75. The largest absolute Gasteiger partial charge is 0.323 e. The fraction of sp³-hybridized carbons (Fsp3) is 0.571. The van der Waals surface area contributed by atoms with Crippen molar-refractivity contribution in [3.63, 3.8) is 0 Å². The van der Waals surface area contributed by atoms with Crippen LogP contribution in [0.4, 0.5) is 0 Å². The Labute approximate surface area is 120 Å².